The summed E-state index contributed by atoms with van der Waals surface area (Å²) in [5.41, 5.74) is 2.11. The van der Waals surface area contributed by atoms with Crippen molar-refractivity contribution in [1.82, 2.24) is 10.2 Å². The molecular weight excluding hydrogens is 388 g/mol. The molecule has 0 spiro atoms. The zero-order chi connectivity index (χ0) is 16.8. The van der Waals surface area contributed by atoms with Crippen molar-refractivity contribution in [1.29, 1.82) is 0 Å². The first kappa shape index (κ1) is 17.0. The van der Waals surface area contributed by atoms with Crippen molar-refractivity contribution in [2.75, 3.05) is 12.4 Å². The van der Waals surface area contributed by atoms with Crippen LogP contribution in [0.2, 0.25) is 0 Å². The predicted molar refractivity (Wildman–Crippen MR) is 100 cm³/mol. The topological polar surface area (TPSA) is 48.2 Å². The lowest BCUT2D eigenvalue weighted by Crippen LogP contribution is -2.00. The third-order valence-electron chi connectivity index (χ3n) is 3.28. The molecule has 0 aliphatic carbocycles. The first-order valence-corrected chi connectivity index (χ1v) is 9.51. The van der Waals surface area contributed by atoms with E-state index in [2.05, 4.69) is 39.1 Å². The lowest BCUT2D eigenvalue weighted by Gasteiger charge is -2.05. The van der Waals surface area contributed by atoms with Crippen LogP contribution in [-0.4, -0.2) is 22.6 Å². The smallest absolute Gasteiger partial charge is 0.248 e. The Bertz CT molecular complexity index is 807. The van der Waals surface area contributed by atoms with Gasteiger partial charge in [-0.05, 0) is 52.7 Å². The first-order chi connectivity index (χ1) is 11.7. The van der Waals surface area contributed by atoms with E-state index in [4.69, 9.17) is 9.15 Å². The minimum atomic E-state index is 0.536. The number of halogens is 1. The first-order valence-electron chi connectivity index (χ1n) is 7.57. The SMILES string of the molecule is Cc1cccc(OCCSCc2nnc(-c3ccccc3Br)o2)c1. The highest BCUT2D eigenvalue weighted by atomic mass is 79.9. The van der Waals surface area contributed by atoms with Crippen molar-refractivity contribution in [3.8, 4) is 17.2 Å². The quantitative estimate of drug-likeness (QED) is 0.511. The second-order valence-corrected chi connectivity index (χ2v) is 7.16. The zero-order valence-electron chi connectivity index (χ0n) is 13.2. The van der Waals surface area contributed by atoms with Crippen LogP contribution >= 0.6 is 27.7 Å². The summed E-state index contributed by atoms with van der Waals surface area (Å²) in [4.78, 5) is 0. The van der Waals surface area contributed by atoms with Gasteiger partial charge in [-0.1, -0.05) is 24.3 Å². The van der Waals surface area contributed by atoms with E-state index in [-0.39, 0.29) is 0 Å². The molecule has 0 bridgehead atoms. The Morgan fingerprint density at radius 3 is 2.83 bits per heavy atom. The Kier molecular flexibility index (Phi) is 5.93. The summed E-state index contributed by atoms with van der Waals surface area (Å²) >= 11 is 5.20. The van der Waals surface area contributed by atoms with Gasteiger partial charge in [0.2, 0.25) is 11.8 Å². The van der Waals surface area contributed by atoms with Gasteiger partial charge < -0.3 is 9.15 Å². The highest BCUT2D eigenvalue weighted by Crippen LogP contribution is 2.27. The molecule has 0 N–H and O–H groups in total. The fourth-order valence-electron chi connectivity index (χ4n) is 2.14. The monoisotopic (exact) mass is 404 g/mol. The van der Waals surface area contributed by atoms with Gasteiger partial charge in [0.25, 0.3) is 0 Å². The highest BCUT2D eigenvalue weighted by Gasteiger charge is 2.11. The molecule has 6 heteroatoms. The molecule has 124 valence electrons. The molecule has 0 radical (unpaired) electrons. The molecule has 0 unspecified atom stereocenters. The van der Waals surface area contributed by atoms with Gasteiger partial charge in [0.1, 0.15) is 5.75 Å². The second kappa shape index (κ2) is 8.35. The van der Waals surface area contributed by atoms with Gasteiger partial charge in [-0.3, -0.25) is 0 Å². The van der Waals surface area contributed by atoms with Gasteiger partial charge in [-0.25, -0.2) is 0 Å². The molecule has 3 rings (SSSR count). The minimum Gasteiger partial charge on any atom is -0.493 e. The Balaban J connectivity index is 1.45. The molecule has 0 saturated heterocycles. The molecular formula is C18H17BrN2O2S. The summed E-state index contributed by atoms with van der Waals surface area (Å²) in [6.45, 7) is 2.71. The second-order valence-electron chi connectivity index (χ2n) is 5.20. The predicted octanol–water partition coefficient (Wildman–Crippen LogP) is 5.12. The Morgan fingerprint density at radius 1 is 1.12 bits per heavy atom. The summed E-state index contributed by atoms with van der Waals surface area (Å²) in [6, 6.07) is 15.9. The maximum atomic E-state index is 5.72. The standard InChI is InChI=1S/C18H17BrN2O2S/c1-13-5-4-6-14(11-13)22-9-10-24-12-17-20-21-18(23-17)15-7-2-3-8-16(15)19/h2-8,11H,9-10,12H2,1H3. The molecule has 0 atom stereocenters. The summed E-state index contributed by atoms with van der Waals surface area (Å²) < 4.78 is 12.4. The number of thioether (sulfide) groups is 1. The van der Waals surface area contributed by atoms with Crippen molar-refractivity contribution >= 4 is 27.7 Å². The maximum Gasteiger partial charge on any atom is 0.248 e. The van der Waals surface area contributed by atoms with Gasteiger partial charge in [-0.15, -0.1) is 22.0 Å². The molecule has 3 aromatic rings. The highest BCUT2D eigenvalue weighted by molar-refractivity contribution is 9.10. The van der Waals surface area contributed by atoms with E-state index in [1.807, 2.05) is 42.5 Å². The van der Waals surface area contributed by atoms with Crippen LogP contribution < -0.4 is 4.74 Å². The number of benzene rings is 2. The fraction of sp³-hybridized carbons (Fsp3) is 0.222. The Labute approximate surface area is 153 Å². The van der Waals surface area contributed by atoms with Gasteiger partial charge >= 0.3 is 0 Å². The van der Waals surface area contributed by atoms with Crippen LogP contribution in [0, 0.1) is 6.92 Å². The third kappa shape index (κ3) is 4.61. The molecule has 24 heavy (non-hydrogen) atoms. The summed E-state index contributed by atoms with van der Waals surface area (Å²) in [5.74, 6) is 3.61. The van der Waals surface area contributed by atoms with Crippen LogP contribution in [0.15, 0.2) is 57.4 Å². The van der Waals surface area contributed by atoms with Crippen molar-refractivity contribution in [2.24, 2.45) is 0 Å². The van der Waals surface area contributed by atoms with Crippen LogP contribution in [0.4, 0.5) is 0 Å². The lowest BCUT2D eigenvalue weighted by atomic mass is 10.2. The number of aromatic nitrogens is 2. The van der Waals surface area contributed by atoms with Gasteiger partial charge in [0, 0.05) is 10.2 Å². The van der Waals surface area contributed by atoms with E-state index in [0.29, 0.717) is 24.1 Å². The molecule has 0 amide bonds. The Morgan fingerprint density at radius 2 is 2.00 bits per heavy atom. The minimum absolute atomic E-state index is 0.536. The van der Waals surface area contributed by atoms with Crippen LogP contribution in [0.5, 0.6) is 5.75 Å². The molecule has 1 aromatic heterocycles. The van der Waals surface area contributed by atoms with E-state index in [1.165, 1.54) is 5.56 Å². The third-order valence-corrected chi connectivity index (χ3v) is 4.88. The molecule has 4 nitrogen and oxygen atoms in total. The van der Waals surface area contributed by atoms with E-state index in [1.54, 1.807) is 11.8 Å². The normalized spacial score (nSPS) is 10.8. The number of hydrogen-bond donors (Lipinski definition) is 0. The lowest BCUT2D eigenvalue weighted by molar-refractivity contribution is 0.343. The van der Waals surface area contributed by atoms with Crippen molar-refractivity contribution in [2.45, 2.75) is 12.7 Å². The van der Waals surface area contributed by atoms with Gasteiger partial charge in [0.05, 0.1) is 17.9 Å². The van der Waals surface area contributed by atoms with Crippen molar-refractivity contribution < 1.29 is 9.15 Å². The van der Waals surface area contributed by atoms with Crippen LogP contribution in [0.3, 0.4) is 0 Å². The van der Waals surface area contributed by atoms with Crippen molar-refractivity contribution in [3.63, 3.8) is 0 Å². The average molecular weight is 405 g/mol. The summed E-state index contributed by atoms with van der Waals surface area (Å²) in [7, 11) is 0. The van der Waals surface area contributed by atoms with Crippen molar-refractivity contribution in [3.05, 3.63) is 64.5 Å². The van der Waals surface area contributed by atoms with Crippen LogP contribution in [-0.2, 0) is 5.75 Å². The van der Waals surface area contributed by atoms with Gasteiger partial charge in [0.15, 0.2) is 0 Å². The molecule has 1 heterocycles. The van der Waals surface area contributed by atoms with E-state index < -0.39 is 0 Å². The number of hydrogen-bond acceptors (Lipinski definition) is 5. The molecule has 0 aliphatic rings. The van der Waals surface area contributed by atoms with Gasteiger partial charge in [-0.2, -0.15) is 0 Å². The van der Waals surface area contributed by atoms with E-state index in [0.717, 1.165) is 21.5 Å². The summed E-state index contributed by atoms with van der Waals surface area (Å²) in [6.07, 6.45) is 0. The molecule has 0 saturated carbocycles. The maximum absolute atomic E-state index is 5.72. The summed E-state index contributed by atoms with van der Waals surface area (Å²) in [5, 5.41) is 8.21. The van der Waals surface area contributed by atoms with Crippen LogP contribution in [0.25, 0.3) is 11.5 Å². The number of ether oxygens (including phenoxy) is 1. The molecule has 2 aromatic carbocycles. The van der Waals surface area contributed by atoms with E-state index in [9.17, 15) is 0 Å². The number of nitrogens with zero attached hydrogens (tertiary/aromatic N) is 2. The molecule has 0 fully saturated rings. The van der Waals surface area contributed by atoms with Crippen LogP contribution in [0.1, 0.15) is 11.5 Å². The largest absolute Gasteiger partial charge is 0.493 e. The number of rotatable bonds is 7. The number of aryl methyl sites for hydroxylation is 1. The van der Waals surface area contributed by atoms with E-state index >= 15 is 0 Å². The molecule has 0 aliphatic heterocycles. The average Bonchev–Trinajstić information content (AvgIpc) is 3.04. The fourth-order valence-corrected chi connectivity index (χ4v) is 3.23. The Hall–Kier alpha value is -1.79. The zero-order valence-corrected chi connectivity index (χ0v) is 15.6.